The second kappa shape index (κ2) is 5.35. The smallest absolute Gasteiger partial charge is 0.224 e. The molecule has 0 aliphatic carbocycles. The minimum absolute atomic E-state index is 0.174. The van der Waals surface area contributed by atoms with Gasteiger partial charge in [-0.2, -0.15) is 0 Å². The van der Waals surface area contributed by atoms with Crippen LogP contribution in [0.1, 0.15) is 33.6 Å². The number of carbonyl (C=O) groups excluding carboxylic acids is 1. The molecule has 3 heteroatoms. The van der Waals surface area contributed by atoms with Crippen LogP contribution in [-0.2, 0) is 4.79 Å². The second-order valence-electron chi connectivity index (χ2n) is 4.51. The first kappa shape index (κ1) is 11.5. The molecule has 0 saturated carbocycles. The van der Waals surface area contributed by atoms with Crippen molar-refractivity contribution < 1.29 is 4.79 Å². The van der Waals surface area contributed by atoms with E-state index in [0.29, 0.717) is 12.0 Å². The molecule has 1 aliphatic rings. The first-order valence-electron chi connectivity index (χ1n) is 5.64. The van der Waals surface area contributed by atoms with E-state index in [2.05, 4.69) is 31.4 Å². The SMILES string of the molecule is CCC(C)NC(=O)C1CNCC(C)C1. The fourth-order valence-electron chi connectivity index (χ4n) is 1.82. The Morgan fingerprint density at radius 1 is 1.57 bits per heavy atom. The summed E-state index contributed by atoms with van der Waals surface area (Å²) in [6.45, 7) is 8.22. The summed E-state index contributed by atoms with van der Waals surface area (Å²) >= 11 is 0. The Bertz CT molecular complexity index is 194. The van der Waals surface area contributed by atoms with Crippen LogP contribution < -0.4 is 10.6 Å². The molecule has 1 saturated heterocycles. The maximum atomic E-state index is 11.8. The highest BCUT2D eigenvalue weighted by atomic mass is 16.1. The fourth-order valence-corrected chi connectivity index (χ4v) is 1.82. The maximum Gasteiger partial charge on any atom is 0.224 e. The summed E-state index contributed by atoms with van der Waals surface area (Å²) in [5.74, 6) is 1.02. The Kier molecular flexibility index (Phi) is 4.39. The van der Waals surface area contributed by atoms with Crippen molar-refractivity contribution in [3.63, 3.8) is 0 Å². The molecule has 1 rings (SSSR count). The predicted molar refractivity (Wildman–Crippen MR) is 58.0 cm³/mol. The normalized spacial score (nSPS) is 29.6. The molecule has 82 valence electrons. The lowest BCUT2D eigenvalue weighted by Gasteiger charge is -2.27. The fraction of sp³-hybridized carbons (Fsp3) is 0.909. The van der Waals surface area contributed by atoms with Crippen molar-refractivity contribution in [3.05, 3.63) is 0 Å². The van der Waals surface area contributed by atoms with Gasteiger partial charge in [-0.15, -0.1) is 0 Å². The molecule has 0 aromatic rings. The standard InChI is InChI=1S/C11H22N2O/c1-4-9(3)13-11(14)10-5-8(2)6-12-7-10/h8-10,12H,4-7H2,1-3H3,(H,13,14). The number of hydrogen-bond donors (Lipinski definition) is 2. The van der Waals surface area contributed by atoms with Gasteiger partial charge < -0.3 is 10.6 Å². The molecule has 0 aromatic heterocycles. The van der Waals surface area contributed by atoms with E-state index < -0.39 is 0 Å². The Morgan fingerprint density at radius 3 is 2.86 bits per heavy atom. The first-order valence-corrected chi connectivity index (χ1v) is 5.64. The number of rotatable bonds is 3. The van der Waals surface area contributed by atoms with Crippen molar-refractivity contribution in [1.29, 1.82) is 0 Å². The monoisotopic (exact) mass is 198 g/mol. The van der Waals surface area contributed by atoms with E-state index in [0.717, 1.165) is 25.9 Å². The van der Waals surface area contributed by atoms with Gasteiger partial charge in [-0.05, 0) is 32.2 Å². The summed E-state index contributed by atoms with van der Waals surface area (Å²) in [7, 11) is 0. The summed E-state index contributed by atoms with van der Waals surface area (Å²) < 4.78 is 0. The molecule has 0 radical (unpaired) electrons. The number of hydrogen-bond acceptors (Lipinski definition) is 2. The van der Waals surface area contributed by atoms with E-state index in [1.165, 1.54) is 0 Å². The van der Waals surface area contributed by atoms with Gasteiger partial charge in [0.05, 0.1) is 5.92 Å². The molecule has 0 spiro atoms. The number of nitrogens with one attached hydrogen (secondary N) is 2. The number of amides is 1. The van der Waals surface area contributed by atoms with Gasteiger partial charge in [0.25, 0.3) is 0 Å². The minimum atomic E-state index is 0.174. The number of piperidine rings is 1. The molecule has 3 nitrogen and oxygen atoms in total. The molecule has 0 aromatic carbocycles. The van der Waals surface area contributed by atoms with Crippen LogP contribution >= 0.6 is 0 Å². The third kappa shape index (κ3) is 3.29. The lowest BCUT2D eigenvalue weighted by atomic mass is 9.91. The summed E-state index contributed by atoms with van der Waals surface area (Å²) in [5.41, 5.74) is 0. The Balaban J connectivity index is 2.36. The zero-order chi connectivity index (χ0) is 10.6. The summed E-state index contributed by atoms with van der Waals surface area (Å²) in [6, 6.07) is 0.305. The van der Waals surface area contributed by atoms with Crippen molar-refractivity contribution in [2.45, 2.75) is 39.7 Å². The van der Waals surface area contributed by atoms with E-state index in [1.54, 1.807) is 0 Å². The molecule has 1 aliphatic heterocycles. The summed E-state index contributed by atoms with van der Waals surface area (Å²) in [4.78, 5) is 11.8. The van der Waals surface area contributed by atoms with Crippen molar-refractivity contribution >= 4 is 5.91 Å². The predicted octanol–water partition coefficient (Wildman–Crippen LogP) is 1.15. The van der Waals surface area contributed by atoms with Gasteiger partial charge >= 0.3 is 0 Å². The van der Waals surface area contributed by atoms with Gasteiger partial charge in [-0.1, -0.05) is 13.8 Å². The van der Waals surface area contributed by atoms with E-state index >= 15 is 0 Å². The lowest BCUT2D eigenvalue weighted by molar-refractivity contribution is -0.126. The van der Waals surface area contributed by atoms with Crippen LogP contribution in [0.15, 0.2) is 0 Å². The van der Waals surface area contributed by atoms with Crippen molar-refractivity contribution in [2.75, 3.05) is 13.1 Å². The van der Waals surface area contributed by atoms with Crippen molar-refractivity contribution in [1.82, 2.24) is 10.6 Å². The summed E-state index contributed by atoms with van der Waals surface area (Å²) in [6.07, 6.45) is 2.02. The third-order valence-electron chi connectivity index (χ3n) is 2.94. The Morgan fingerprint density at radius 2 is 2.29 bits per heavy atom. The van der Waals surface area contributed by atoms with Crippen LogP contribution in [0, 0.1) is 11.8 Å². The molecule has 3 unspecified atom stereocenters. The zero-order valence-corrected chi connectivity index (χ0v) is 9.47. The molecule has 1 heterocycles. The molecule has 1 amide bonds. The van der Waals surface area contributed by atoms with Crippen LogP contribution in [0.2, 0.25) is 0 Å². The molecule has 2 N–H and O–H groups in total. The molecule has 14 heavy (non-hydrogen) atoms. The van der Waals surface area contributed by atoms with E-state index in [1.807, 2.05) is 0 Å². The quantitative estimate of drug-likeness (QED) is 0.714. The van der Waals surface area contributed by atoms with Gasteiger partial charge in [0.2, 0.25) is 5.91 Å². The van der Waals surface area contributed by atoms with Gasteiger partial charge in [-0.25, -0.2) is 0 Å². The molecule has 0 bridgehead atoms. The maximum absolute atomic E-state index is 11.8. The topological polar surface area (TPSA) is 41.1 Å². The molecular weight excluding hydrogens is 176 g/mol. The number of carbonyl (C=O) groups is 1. The first-order chi connectivity index (χ1) is 6.63. The average Bonchev–Trinajstić information content (AvgIpc) is 2.17. The molecule has 3 atom stereocenters. The van der Waals surface area contributed by atoms with Crippen LogP contribution in [0.5, 0.6) is 0 Å². The van der Waals surface area contributed by atoms with E-state index in [4.69, 9.17) is 0 Å². The largest absolute Gasteiger partial charge is 0.353 e. The van der Waals surface area contributed by atoms with E-state index in [-0.39, 0.29) is 11.8 Å². The molecular formula is C11H22N2O. The van der Waals surface area contributed by atoms with Gasteiger partial charge in [0, 0.05) is 12.6 Å². The van der Waals surface area contributed by atoms with Crippen molar-refractivity contribution in [3.8, 4) is 0 Å². The second-order valence-corrected chi connectivity index (χ2v) is 4.51. The van der Waals surface area contributed by atoms with Gasteiger partial charge in [0.1, 0.15) is 0 Å². The van der Waals surface area contributed by atoms with Gasteiger partial charge in [-0.3, -0.25) is 4.79 Å². The highest BCUT2D eigenvalue weighted by Gasteiger charge is 2.25. The third-order valence-corrected chi connectivity index (χ3v) is 2.94. The Labute approximate surface area is 86.6 Å². The van der Waals surface area contributed by atoms with E-state index in [9.17, 15) is 4.79 Å². The highest BCUT2D eigenvalue weighted by Crippen LogP contribution is 2.15. The van der Waals surface area contributed by atoms with Crippen LogP contribution in [0.25, 0.3) is 0 Å². The minimum Gasteiger partial charge on any atom is -0.353 e. The van der Waals surface area contributed by atoms with Gasteiger partial charge in [0.15, 0.2) is 0 Å². The average molecular weight is 198 g/mol. The van der Waals surface area contributed by atoms with Crippen LogP contribution in [0.3, 0.4) is 0 Å². The zero-order valence-electron chi connectivity index (χ0n) is 9.47. The summed E-state index contributed by atoms with van der Waals surface area (Å²) in [5, 5.41) is 6.34. The highest BCUT2D eigenvalue weighted by molar-refractivity contribution is 5.79. The van der Waals surface area contributed by atoms with Crippen LogP contribution in [-0.4, -0.2) is 25.0 Å². The Hall–Kier alpha value is -0.570. The van der Waals surface area contributed by atoms with Crippen LogP contribution in [0.4, 0.5) is 0 Å². The lowest BCUT2D eigenvalue weighted by Crippen LogP contribution is -2.45. The molecule has 1 fully saturated rings. The van der Waals surface area contributed by atoms with Crippen molar-refractivity contribution in [2.24, 2.45) is 11.8 Å².